The first-order valence-electron chi connectivity index (χ1n) is 9.35. The third-order valence-electron chi connectivity index (χ3n) is 3.45. The molecule has 0 saturated heterocycles. The van der Waals surface area contributed by atoms with E-state index in [0.29, 0.717) is 19.4 Å². The molecule has 0 heterocycles. The van der Waals surface area contributed by atoms with E-state index in [1.165, 1.54) is 11.1 Å². The first-order valence-corrected chi connectivity index (χ1v) is 11.1. The molecule has 144 valence electrons. The van der Waals surface area contributed by atoms with Gasteiger partial charge in [-0.3, -0.25) is 4.57 Å². The molecular weight excluding hydrogens is 331 g/mol. The van der Waals surface area contributed by atoms with Crippen molar-refractivity contribution < 1.29 is 13.6 Å². The van der Waals surface area contributed by atoms with E-state index in [1.54, 1.807) is 0 Å². The first kappa shape index (κ1) is 24.1. The second kappa shape index (κ2) is 14.3. The Balaban J connectivity index is 4.61. The SMILES string of the molecule is CCCOP(=O)(C/C=C(C)/C=C/C=C(\C)CCC=C(C)C)OCCC. The van der Waals surface area contributed by atoms with Crippen molar-refractivity contribution in [2.24, 2.45) is 0 Å². The second-order valence-corrected chi connectivity index (χ2v) is 8.70. The smallest absolute Gasteiger partial charge is 0.308 e. The highest BCUT2D eigenvalue weighted by Crippen LogP contribution is 2.48. The number of hydrogen-bond acceptors (Lipinski definition) is 3. The normalized spacial score (nSPS) is 13.5. The average Bonchev–Trinajstić information content (AvgIpc) is 2.56. The van der Waals surface area contributed by atoms with E-state index >= 15 is 0 Å². The van der Waals surface area contributed by atoms with E-state index in [2.05, 4.69) is 39.0 Å². The Labute approximate surface area is 155 Å². The van der Waals surface area contributed by atoms with Crippen LogP contribution in [0.3, 0.4) is 0 Å². The van der Waals surface area contributed by atoms with Gasteiger partial charge in [0.05, 0.1) is 19.4 Å². The van der Waals surface area contributed by atoms with Crippen molar-refractivity contribution >= 4 is 7.60 Å². The summed E-state index contributed by atoms with van der Waals surface area (Å²) < 4.78 is 23.6. The molecule has 0 bridgehead atoms. The molecule has 0 aromatic rings. The summed E-state index contributed by atoms with van der Waals surface area (Å²) in [6.45, 7) is 13.3. The topological polar surface area (TPSA) is 35.5 Å². The molecule has 0 spiro atoms. The van der Waals surface area contributed by atoms with Gasteiger partial charge in [0, 0.05) is 0 Å². The predicted molar refractivity (Wildman–Crippen MR) is 110 cm³/mol. The van der Waals surface area contributed by atoms with Crippen molar-refractivity contribution in [2.45, 2.75) is 67.2 Å². The fraction of sp³-hybridized carbons (Fsp3) is 0.619. The third-order valence-corrected chi connectivity index (χ3v) is 5.23. The highest BCUT2D eigenvalue weighted by molar-refractivity contribution is 7.54. The summed E-state index contributed by atoms with van der Waals surface area (Å²) in [6, 6.07) is 0. The number of allylic oxidation sites excluding steroid dienone is 8. The average molecular weight is 368 g/mol. The van der Waals surface area contributed by atoms with Crippen LogP contribution in [-0.4, -0.2) is 19.4 Å². The lowest BCUT2D eigenvalue weighted by Crippen LogP contribution is -2.01. The highest BCUT2D eigenvalue weighted by Gasteiger charge is 2.22. The van der Waals surface area contributed by atoms with Gasteiger partial charge in [0.2, 0.25) is 0 Å². The zero-order valence-corrected chi connectivity index (χ0v) is 17.9. The van der Waals surface area contributed by atoms with Crippen molar-refractivity contribution in [3.8, 4) is 0 Å². The Hall–Kier alpha value is -0.890. The van der Waals surface area contributed by atoms with Crippen molar-refractivity contribution in [3.05, 3.63) is 47.1 Å². The van der Waals surface area contributed by atoms with Gasteiger partial charge < -0.3 is 9.05 Å². The highest BCUT2D eigenvalue weighted by atomic mass is 31.2. The standard InChI is InChI=1S/C21H37O3P/c1-7-16-23-25(22,24-17-8-2)18-15-21(6)14-10-13-20(5)12-9-11-19(3)4/h10-11,13-15H,7-9,12,16-18H2,1-6H3/b14-10+,20-13+,21-15+. The van der Waals surface area contributed by atoms with Gasteiger partial charge in [0.1, 0.15) is 0 Å². The molecule has 0 amide bonds. The van der Waals surface area contributed by atoms with Crippen LogP contribution in [0.15, 0.2) is 47.1 Å². The molecule has 0 aliphatic rings. The van der Waals surface area contributed by atoms with Gasteiger partial charge in [-0.05, 0) is 53.4 Å². The molecule has 0 aromatic heterocycles. The Bertz CT molecular complexity index is 511. The summed E-state index contributed by atoms with van der Waals surface area (Å²) in [7, 11) is -3.01. The number of rotatable bonds is 13. The lowest BCUT2D eigenvalue weighted by atomic mass is 10.1. The van der Waals surface area contributed by atoms with Crippen LogP contribution in [0.5, 0.6) is 0 Å². The van der Waals surface area contributed by atoms with Gasteiger partial charge in [0.25, 0.3) is 0 Å². The molecule has 0 atom stereocenters. The van der Waals surface area contributed by atoms with E-state index in [-0.39, 0.29) is 0 Å². The third kappa shape index (κ3) is 14.0. The van der Waals surface area contributed by atoms with Crippen LogP contribution < -0.4 is 0 Å². The van der Waals surface area contributed by atoms with Crippen molar-refractivity contribution in [2.75, 3.05) is 19.4 Å². The lowest BCUT2D eigenvalue weighted by Gasteiger charge is -2.16. The van der Waals surface area contributed by atoms with Crippen molar-refractivity contribution in [1.82, 2.24) is 0 Å². The van der Waals surface area contributed by atoms with E-state index < -0.39 is 7.60 Å². The lowest BCUT2D eigenvalue weighted by molar-refractivity contribution is 0.206. The Morgan fingerprint density at radius 3 is 2.08 bits per heavy atom. The minimum Gasteiger partial charge on any atom is -0.308 e. The molecule has 25 heavy (non-hydrogen) atoms. The Kier molecular flexibility index (Phi) is 13.8. The minimum absolute atomic E-state index is 0.326. The monoisotopic (exact) mass is 368 g/mol. The molecule has 0 saturated carbocycles. The fourth-order valence-electron chi connectivity index (χ4n) is 1.96. The van der Waals surface area contributed by atoms with E-state index in [1.807, 2.05) is 32.9 Å². The fourth-order valence-corrected chi connectivity index (χ4v) is 3.68. The zero-order chi connectivity index (χ0) is 19.1. The summed E-state index contributed by atoms with van der Waals surface area (Å²) in [5, 5.41) is 0. The van der Waals surface area contributed by atoms with Crippen LogP contribution in [0.2, 0.25) is 0 Å². The first-order chi connectivity index (χ1) is 11.8. The van der Waals surface area contributed by atoms with Crippen LogP contribution in [0.25, 0.3) is 0 Å². The van der Waals surface area contributed by atoms with Crippen LogP contribution in [0.1, 0.15) is 67.2 Å². The van der Waals surface area contributed by atoms with Gasteiger partial charge in [0.15, 0.2) is 0 Å². The summed E-state index contributed by atoms with van der Waals surface area (Å²) in [5.74, 6) is 0. The Morgan fingerprint density at radius 1 is 0.960 bits per heavy atom. The summed E-state index contributed by atoms with van der Waals surface area (Å²) in [6.07, 6.45) is 14.6. The molecule has 0 aliphatic heterocycles. The van der Waals surface area contributed by atoms with Crippen LogP contribution in [0, 0.1) is 0 Å². The molecule has 0 aromatic carbocycles. The van der Waals surface area contributed by atoms with Gasteiger partial charge >= 0.3 is 7.60 Å². The van der Waals surface area contributed by atoms with E-state index in [9.17, 15) is 4.57 Å². The molecule has 0 N–H and O–H groups in total. The second-order valence-electron chi connectivity index (χ2n) is 6.60. The van der Waals surface area contributed by atoms with E-state index in [4.69, 9.17) is 9.05 Å². The van der Waals surface area contributed by atoms with Crippen molar-refractivity contribution in [3.63, 3.8) is 0 Å². The Morgan fingerprint density at radius 2 is 1.56 bits per heavy atom. The molecule has 3 nitrogen and oxygen atoms in total. The van der Waals surface area contributed by atoms with Gasteiger partial charge in [-0.25, -0.2) is 0 Å². The molecule has 4 heteroatoms. The quantitative estimate of drug-likeness (QED) is 0.195. The summed E-state index contributed by atoms with van der Waals surface area (Å²) in [5.41, 5.74) is 3.78. The molecule has 0 rings (SSSR count). The minimum atomic E-state index is -3.01. The van der Waals surface area contributed by atoms with Crippen LogP contribution in [-0.2, 0) is 13.6 Å². The van der Waals surface area contributed by atoms with Crippen molar-refractivity contribution in [1.29, 1.82) is 0 Å². The maximum Gasteiger partial charge on any atom is 0.334 e. The molecular formula is C21H37O3P. The summed E-state index contributed by atoms with van der Waals surface area (Å²) in [4.78, 5) is 0. The van der Waals surface area contributed by atoms with Crippen LogP contribution in [0.4, 0.5) is 0 Å². The van der Waals surface area contributed by atoms with Gasteiger partial charge in [-0.1, -0.05) is 60.9 Å². The molecule has 0 aliphatic carbocycles. The maximum absolute atomic E-state index is 12.7. The van der Waals surface area contributed by atoms with E-state index in [0.717, 1.165) is 31.3 Å². The predicted octanol–water partition coefficient (Wildman–Crippen LogP) is 7.23. The van der Waals surface area contributed by atoms with Crippen LogP contribution >= 0.6 is 7.60 Å². The summed E-state index contributed by atoms with van der Waals surface area (Å²) >= 11 is 0. The largest absolute Gasteiger partial charge is 0.334 e. The molecule has 0 radical (unpaired) electrons. The zero-order valence-electron chi connectivity index (χ0n) is 17.0. The van der Waals surface area contributed by atoms with Gasteiger partial charge in [-0.2, -0.15) is 0 Å². The molecule has 0 fully saturated rings. The molecule has 0 unspecified atom stereocenters. The maximum atomic E-state index is 12.7. The van der Waals surface area contributed by atoms with Gasteiger partial charge in [-0.15, -0.1) is 0 Å². The number of hydrogen-bond donors (Lipinski definition) is 0.